The van der Waals surface area contributed by atoms with Crippen LogP contribution < -0.4 is 16.0 Å². The lowest BCUT2D eigenvalue weighted by atomic mass is 10.3. The van der Waals surface area contributed by atoms with Gasteiger partial charge in [-0.2, -0.15) is 0 Å². The highest BCUT2D eigenvalue weighted by atomic mass is 16.1. The molecule has 0 atom stereocenters. The minimum atomic E-state index is 0.156. The Bertz CT molecular complexity index is 151. The molecule has 0 rings (SSSR count). The van der Waals surface area contributed by atoms with Crippen molar-refractivity contribution in [2.45, 2.75) is 33.1 Å². The van der Waals surface area contributed by atoms with Gasteiger partial charge < -0.3 is 16.0 Å². The predicted octanol–water partition coefficient (Wildman–Crippen LogP) is 0.492. The first kappa shape index (κ1) is 14.4. The summed E-state index contributed by atoms with van der Waals surface area (Å²) in [6.07, 6.45) is 2.73. The molecule has 0 aromatic carbocycles. The third kappa shape index (κ3) is 11.3. The van der Waals surface area contributed by atoms with Crippen molar-refractivity contribution in [1.82, 2.24) is 16.0 Å². The van der Waals surface area contributed by atoms with E-state index in [2.05, 4.69) is 22.9 Å². The summed E-state index contributed by atoms with van der Waals surface area (Å²) in [6.45, 7) is 8.78. The molecule has 0 heterocycles. The lowest BCUT2D eigenvalue weighted by molar-refractivity contribution is -0.121. The van der Waals surface area contributed by atoms with E-state index < -0.39 is 0 Å². The third-order valence-corrected chi connectivity index (χ3v) is 2.01. The number of nitrogens with one attached hydrogen (secondary N) is 3. The van der Waals surface area contributed by atoms with E-state index in [1.807, 2.05) is 6.92 Å². The second-order valence-electron chi connectivity index (χ2n) is 3.60. The molecule has 0 aliphatic carbocycles. The van der Waals surface area contributed by atoms with E-state index in [9.17, 15) is 4.79 Å². The summed E-state index contributed by atoms with van der Waals surface area (Å²) in [5, 5.41) is 9.43. The van der Waals surface area contributed by atoms with E-state index in [0.29, 0.717) is 6.42 Å². The van der Waals surface area contributed by atoms with Crippen molar-refractivity contribution in [3.05, 3.63) is 0 Å². The average Bonchev–Trinajstić information content (AvgIpc) is 2.22. The second kappa shape index (κ2) is 11.5. The van der Waals surface area contributed by atoms with Crippen LogP contribution in [0, 0.1) is 0 Å². The number of carbonyl (C=O) groups excluding carboxylic acids is 1. The highest BCUT2D eigenvalue weighted by Crippen LogP contribution is 1.83. The summed E-state index contributed by atoms with van der Waals surface area (Å²) in [5.74, 6) is 0.156. The van der Waals surface area contributed by atoms with Gasteiger partial charge in [0.2, 0.25) is 5.91 Å². The normalized spacial score (nSPS) is 10.3. The number of amides is 1. The van der Waals surface area contributed by atoms with Crippen LogP contribution in [-0.4, -0.2) is 38.6 Å². The summed E-state index contributed by atoms with van der Waals surface area (Å²) in [4.78, 5) is 11.1. The summed E-state index contributed by atoms with van der Waals surface area (Å²) in [6, 6.07) is 0. The Morgan fingerprint density at radius 3 is 2.07 bits per heavy atom. The Balaban J connectivity index is 3.01. The zero-order valence-electron chi connectivity index (χ0n) is 10.1. The molecule has 0 saturated carbocycles. The molecule has 0 saturated heterocycles. The minimum absolute atomic E-state index is 0.156. The summed E-state index contributed by atoms with van der Waals surface area (Å²) in [5.41, 5.74) is 0. The molecular weight excluding hydrogens is 190 g/mol. The van der Waals surface area contributed by atoms with E-state index in [1.165, 1.54) is 6.42 Å². The number of rotatable bonds is 10. The topological polar surface area (TPSA) is 53.2 Å². The van der Waals surface area contributed by atoms with Crippen molar-refractivity contribution < 1.29 is 4.79 Å². The van der Waals surface area contributed by atoms with Crippen LogP contribution in [0.4, 0.5) is 0 Å². The fourth-order valence-electron chi connectivity index (χ4n) is 1.21. The van der Waals surface area contributed by atoms with Crippen molar-refractivity contribution in [1.29, 1.82) is 0 Å². The van der Waals surface area contributed by atoms with E-state index in [1.54, 1.807) is 0 Å². The van der Waals surface area contributed by atoms with Crippen molar-refractivity contribution in [2.24, 2.45) is 0 Å². The van der Waals surface area contributed by atoms with Crippen molar-refractivity contribution in [2.75, 3.05) is 32.7 Å². The van der Waals surface area contributed by atoms with Gasteiger partial charge in [0.05, 0.1) is 0 Å². The van der Waals surface area contributed by atoms with Gasteiger partial charge >= 0.3 is 0 Å². The standard InChI is InChI=1S/C11H25N3O/c1-3-5-11(15)14-10-9-13-8-7-12-6-4-2/h12-13H,3-10H2,1-2H3,(H,14,15). The van der Waals surface area contributed by atoms with E-state index in [4.69, 9.17) is 0 Å². The Morgan fingerprint density at radius 2 is 1.47 bits per heavy atom. The van der Waals surface area contributed by atoms with Gasteiger partial charge in [0.1, 0.15) is 0 Å². The molecule has 0 aliphatic heterocycles. The maximum absolute atomic E-state index is 11.1. The van der Waals surface area contributed by atoms with Gasteiger partial charge in [0.25, 0.3) is 0 Å². The quantitative estimate of drug-likeness (QED) is 0.465. The molecule has 15 heavy (non-hydrogen) atoms. The van der Waals surface area contributed by atoms with E-state index in [-0.39, 0.29) is 5.91 Å². The lowest BCUT2D eigenvalue weighted by Gasteiger charge is -2.06. The summed E-state index contributed by atoms with van der Waals surface area (Å²) >= 11 is 0. The molecule has 0 fully saturated rings. The van der Waals surface area contributed by atoms with E-state index >= 15 is 0 Å². The van der Waals surface area contributed by atoms with Crippen LogP contribution >= 0.6 is 0 Å². The Hall–Kier alpha value is -0.610. The molecule has 4 heteroatoms. The zero-order chi connectivity index (χ0) is 11.4. The number of carbonyl (C=O) groups is 1. The van der Waals surface area contributed by atoms with Crippen LogP contribution in [0.5, 0.6) is 0 Å². The third-order valence-electron chi connectivity index (χ3n) is 2.01. The van der Waals surface area contributed by atoms with Crippen molar-refractivity contribution in [3.8, 4) is 0 Å². The predicted molar refractivity (Wildman–Crippen MR) is 63.9 cm³/mol. The van der Waals surface area contributed by atoms with Crippen LogP contribution in [0.2, 0.25) is 0 Å². The number of hydrogen-bond donors (Lipinski definition) is 3. The van der Waals surface area contributed by atoms with Crippen LogP contribution in [0.15, 0.2) is 0 Å². The van der Waals surface area contributed by atoms with Gasteiger partial charge in [-0.3, -0.25) is 4.79 Å². The Kier molecular flexibility index (Phi) is 11.0. The van der Waals surface area contributed by atoms with Crippen LogP contribution in [0.3, 0.4) is 0 Å². The highest BCUT2D eigenvalue weighted by molar-refractivity contribution is 5.75. The molecule has 1 amide bonds. The first-order chi connectivity index (χ1) is 7.31. The van der Waals surface area contributed by atoms with Crippen molar-refractivity contribution >= 4 is 5.91 Å². The van der Waals surface area contributed by atoms with Crippen LogP contribution in [0.1, 0.15) is 33.1 Å². The highest BCUT2D eigenvalue weighted by Gasteiger charge is 1.96. The summed E-state index contributed by atoms with van der Waals surface area (Å²) < 4.78 is 0. The molecule has 0 radical (unpaired) electrons. The monoisotopic (exact) mass is 215 g/mol. The molecule has 3 N–H and O–H groups in total. The molecule has 0 aromatic heterocycles. The zero-order valence-corrected chi connectivity index (χ0v) is 10.1. The average molecular weight is 215 g/mol. The second-order valence-corrected chi connectivity index (χ2v) is 3.60. The molecular formula is C11H25N3O. The maximum atomic E-state index is 11.1. The Labute approximate surface area is 93.2 Å². The fourth-order valence-corrected chi connectivity index (χ4v) is 1.21. The Morgan fingerprint density at radius 1 is 0.867 bits per heavy atom. The molecule has 4 nitrogen and oxygen atoms in total. The molecule has 90 valence electrons. The molecule has 0 aromatic rings. The molecule has 0 spiro atoms. The van der Waals surface area contributed by atoms with Gasteiger partial charge in [-0.15, -0.1) is 0 Å². The van der Waals surface area contributed by atoms with Gasteiger partial charge in [0, 0.05) is 32.6 Å². The SMILES string of the molecule is CCCNCCNCCNC(=O)CCC. The maximum Gasteiger partial charge on any atom is 0.220 e. The fraction of sp³-hybridized carbons (Fsp3) is 0.909. The van der Waals surface area contributed by atoms with Gasteiger partial charge in [-0.05, 0) is 19.4 Å². The van der Waals surface area contributed by atoms with E-state index in [0.717, 1.165) is 39.1 Å². The first-order valence-corrected chi connectivity index (χ1v) is 5.99. The first-order valence-electron chi connectivity index (χ1n) is 5.99. The molecule has 0 unspecified atom stereocenters. The smallest absolute Gasteiger partial charge is 0.220 e. The number of hydrogen-bond acceptors (Lipinski definition) is 3. The van der Waals surface area contributed by atoms with Crippen LogP contribution in [0.25, 0.3) is 0 Å². The van der Waals surface area contributed by atoms with Crippen molar-refractivity contribution in [3.63, 3.8) is 0 Å². The van der Waals surface area contributed by atoms with Gasteiger partial charge in [-0.1, -0.05) is 13.8 Å². The summed E-state index contributed by atoms with van der Waals surface area (Å²) in [7, 11) is 0. The van der Waals surface area contributed by atoms with Crippen LogP contribution in [-0.2, 0) is 4.79 Å². The molecule has 0 aliphatic rings. The van der Waals surface area contributed by atoms with Gasteiger partial charge in [-0.25, -0.2) is 0 Å². The molecule has 0 bridgehead atoms. The minimum Gasteiger partial charge on any atom is -0.355 e. The lowest BCUT2D eigenvalue weighted by Crippen LogP contribution is -2.34. The largest absolute Gasteiger partial charge is 0.355 e. The van der Waals surface area contributed by atoms with Gasteiger partial charge in [0.15, 0.2) is 0 Å².